The smallest absolute Gasteiger partial charge is 0.230 e. The lowest BCUT2D eigenvalue weighted by molar-refractivity contribution is 0.210. The van der Waals surface area contributed by atoms with Crippen LogP contribution in [0.15, 0.2) is 48.5 Å². The fourth-order valence-electron chi connectivity index (χ4n) is 4.25. The molecule has 1 atom stereocenters. The predicted octanol–water partition coefficient (Wildman–Crippen LogP) is 4.76. The molecule has 1 aliphatic rings. The summed E-state index contributed by atoms with van der Waals surface area (Å²) in [6, 6.07) is 14.3. The van der Waals surface area contributed by atoms with Gasteiger partial charge in [0, 0.05) is 37.6 Å². The molecule has 0 bridgehead atoms. The molecule has 1 N–H and O–H groups in total. The topological polar surface area (TPSA) is 56.9 Å². The SMILES string of the molecule is CCc1nc2sc(C(c3ccccc3Cl)N3CCN(c4ccccc4F)CC3)c(O)n2n1. The molecule has 0 saturated carbocycles. The maximum absolute atomic E-state index is 14.3. The zero-order chi connectivity index (χ0) is 22.2. The van der Waals surface area contributed by atoms with Gasteiger partial charge in [0.25, 0.3) is 0 Å². The van der Waals surface area contributed by atoms with Crippen LogP contribution in [-0.2, 0) is 6.42 Å². The van der Waals surface area contributed by atoms with E-state index in [0.29, 0.717) is 54.1 Å². The Morgan fingerprint density at radius 3 is 2.50 bits per heavy atom. The number of hydrogen-bond acceptors (Lipinski definition) is 6. The number of hydrogen-bond donors (Lipinski definition) is 1. The standard InChI is InChI=1S/C23H23ClFN5OS/c1-2-19-26-23-30(27-19)22(31)21(32-23)20(15-7-3-4-8-16(15)24)29-13-11-28(12-14-29)18-10-6-5-9-17(18)25/h3-10,20,31H,2,11-14H2,1H3. The van der Waals surface area contributed by atoms with Crippen LogP contribution < -0.4 is 4.90 Å². The summed E-state index contributed by atoms with van der Waals surface area (Å²) in [4.78, 5) is 10.3. The molecule has 1 saturated heterocycles. The normalized spacial score (nSPS) is 16.0. The van der Waals surface area contributed by atoms with Crippen molar-refractivity contribution in [2.75, 3.05) is 31.1 Å². The van der Waals surface area contributed by atoms with Crippen LogP contribution >= 0.6 is 22.9 Å². The summed E-state index contributed by atoms with van der Waals surface area (Å²) in [5.74, 6) is 0.586. The molecule has 0 aliphatic carbocycles. The first kappa shape index (κ1) is 21.2. The molecule has 0 spiro atoms. The highest BCUT2D eigenvalue weighted by Crippen LogP contribution is 2.42. The summed E-state index contributed by atoms with van der Waals surface area (Å²) in [7, 11) is 0. The highest BCUT2D eigenvalue weighted by Gasteiger charge is 2.33. The summed E-state index contributed by atoms with van der Waals surface area (Å²) < 4.78 is 15.8. The summed E-state index contributed by atoms with van der Waals surface area (Å²) in [6.45, 7) is 4.71. The van der Waals surface area contributed by atoms with Gasteiger partial charge in [0.15, 0.2) is 5.82 Å². The first-order valence-electron chi connectivity index (χ1n) is 10.6. The minimum absolute atomic E-state index is 0.0960. The van der Waals surface area contributed by atoms with Crippen molar-refractivity contribution in [3.63, 3.8) is 0 Å². The van der Waals surface area contributed by atoms with Crippen molar-refractivity contribution in [2.24, 2.45) is 0 Å². The van der Waals surface area contributed by atoms with Gasteiger partial charge in [0.2, 0.25) is 10.8 Å². The van der Waals surface area contributed by atoms with Crippen molar-refractivity contribution in [3.05, 3.63) is 75.6 Å². The third kappa shape index (κ3) is 3.72. The Bertz CT molecular complexity index is 1250. The Kier molecular flexibility index (Phi) is 5.75. The van der Waals surface area contributed by atoms with Crippen molar-refractivity contribution in [1.29, 1.82) is 0 Å². The van der Waals surface area contributed by atoms with E-state index in [4.69, 9.17) is 11.6 Å². The second kappa shape index (κ2) is 8.69. The highest BCUT2D eigenvalue weighted by molar-refractivity contribution is 7.17. The number of aromatic hydroxyl groups is 1. The molecule has 1 aliphatic heterocycles. The molecule has 32 heavy (non-hydrogen) atoms. The molecular weight excluding hydrogens is 449 g/mol. The second-order valence-electron chi connectivity index (χ2n) is 7.76. The molecule has 166 valence electrons. The number of halogens is 2. The van der Waals surface area contributed by atoms with E-state index in [0.717, 1.165) is 10.4 Å². The van der Waals surface area contributed by atoms with Crippen LogP contribution in [0.5, 0.6) is 5.88 Å². The number of aromatic nitrogens is 3. The molecule has 5 rings (SSSR count). The summed E-state index contributed by atoms with van der Waals surface area (Å²) in [6.07, 6.45) is 0.703. The van der Waals surface area contributed by atoms with E-state index in [9.17, 15) is 9.50 Å². The lowest BCUT2D eigenvalue weighted by Crippen LogP contribution is -2.48. The third-order valence-corrected chi connectivity index (χ3v) is 7.30. The van der Waals surface area contributed by atoms with Crippen molar-refractivity contribution in [3.8, 4) is 5.88 Å². The number of aryl methyl sites for hydroxylation is 1. The van der Waals surface area contributed by atoms with E-state index >= 15 is 0 Å². The van der Waals surface area contributed by atoms with Gasteiger partial charge in [-0.3, -0.25) is 4.90 Å². The van der Waals surface area contributed by atoms with Gasteiger partial charge in [-0.2, -0.15) is 4.52 Å². The summed E-state index contributed by atoms with van der Waals surface area (Å²) >= 11 is 8.03. The van der Waals surface area contributed by atoms with Gasteiger partial charge in [-0.15, -0.1) is 5.10 Å². The van der Waals surface area contributed by atoms with E-state index in [1.54, 1.807) is 6.07 Å². The molecule has 9 heteroatoms. The van der Waals surface area contributed by atoms with Gasteiger partial charge >= 0.3 is 0 Å². The molecule has 1 fully saturated rings. The molecule has 0 amide bonds. The van der Waals surface area contributed by atoms with E-state index in [-0.39, 0.29) is 17.7 Å². The lowest BCUT2D eigenvalue weighted by Gasteiger charge is -2.40. The molecule has 1 unspecified atom stereocenters. The van der Waals surface area contributed by atoms with Crippen molar-refractivity contribution >= 4 is 33.6 Å². The van der Waals surface area contributed by atoms with E-state index < -0.39 is 0 Å². The number of thiazole rings is 1. The van der Waals surface area contributed by atoms with Gasteiger partial charge in [-0.05, 0) is 23.8 Å². The fourth-order valence-corrected chi connectivity index (χ4v) is 5.61. The monoisotopic (exact) mass is 471 g/mol. The van der Waals surface area contributed by atoms with Crippen molar-refractivity contribution < 1.29 is 9.50 Å². The summed E-state index contributed by atoms with van der Waals surface area (Å²) in [5, 5.41) is 16.1. The van der Waals surface area contributed by atoms with Crippen LogP contribution in [0, 0.1) is 5.82 Å². The van der Waals surface area contributed by atoms with Crippen LogP contribution in [0.3, 0.4) is 0 Å². The first-order chi connectivity index (χ1) is 15.6. The molecular formula is C23H23ClFN5OS. The minimum atomic E-state index is -0.245. The van der Waals surface area contributed by atoms with Crippen LogP contribution in [0.4, 0.5) is 10.1 Å². The Morgan fingerprint density at radius 2 is 1.81 bits per heavy atom. The third-order valence-electron chi connectivity index (χ3n) is 5.88. The average Bonchev–Trinajstić information content (AvgIpc) is 3.35. The van der Waals surface area contributed by atoms with Gasteiger partial charge in [0.05, 0.1) is 16.6 Å². The fraction of sp³-hybridized carbons (Fsp3) is 0.304. The number of anilines is 1. The maximum Gasteiger partial charge on any atom is 0.230 e. The second-order valence-corrected chi connectivity index (χ2v) is 9.18. The molecule has 4 aromatic rings. The highest BCUT2D eigenvalue weighted by atomic mass is 35.5. The van der Waals surface area contributed by atoms with E-state index in [1.165, 1.54) is 21.9 Å². The maximum atomic E-state index is 14.3. The van der Waals surface area contributed by atoms with Crippen LogP contribution in [0.2, 0.25) is 5.02 Å². The largest absolute Gasteiger partial charge is 0.492 e. The summed E-state index contributed by atoms with van der Waals surface area (Å²) in [5.41, 5.74) is 1.54. The van der Waals surface area contributed by atoms with Crippen LogP contribution in [0.25, 0.3) is 4.96 Å². The van der Waals surface area contributed by atoms with Crippen molar-refractivity contribution in [2.45, 2.75) is 19.4 Å². The van der Waals surface area contributed by atoms with Gasteiger partial charge in [0.1, 0.15) is 5.82 Å². The number of benzene rings is 2. The Hall–Kier alpha value is -2.68. The molecule has 2 aromatic heterocycles. The molecule has 3 heterocycles. The van der Waals surface area contributed by atoms with Crippen LogP contribution in [0.1, 0.15) is 29.2 Å². The number of fused-ring (bicyclic) bond motifs is 1. The number of piperazine rings is 1. The average molecular weight is 472 g/mol. The Morgan fingerprint density at radius 1 is 1.09 bits per heavy atom. The zero-order valence-corrected chi connectivity index (χ0v) is 19.2. The molecule has 2 aromatic carbocycles. The molecule has 6 nitrogen and oxygen atoms in total. The van der Waals surface area contributed by atoms with Crippen molar-refractivity contribution in [1.82, 2.24) is 19.5 Å². The molecule has 0 radical (unpaired) electrons. The first-order valence-corrected chi connectivity index (χ1v) is 11.8. The van der Waals surface area contributed by atoms with Crippen LogP contribution in [-0.4, -0.2) is 50.8 Å². The van der Waals surface area contributed by atoms with Gasteiger partial charge < -0.3 is 10.0 Å². The Balaban J connectivity index is 1.50. The number of para-hydroxylation sites is 1. The van der Waals surface area contributed by atoms with Gasteiger partial charge in [-0.25, -0.2) is 9.37 Å². The number of nitrogens with zero attached hydrogens (tertiary/aromatic N) is 5. The predicted molar refractivity (Wildman–Crippen MR) is 125 cm³/mol. The lowest BCUT2D eigenvalue weighted by atomic mass is 10.0. The Labute approximate surface area is 194 Å². The van der Waals surface area contributed by atoms with E-state index in [1.807, 2.05) is 43.3 Å². The van der Waals surface area contributed by atoms with E-state index in [2.05, 4.69) is 19.9 Å². The van der Waals surface area contributed by atoms with Gasteiger partial charge in [-0.1, -0.05) is 60.2 Å². The number of rotatable bonds is 5. The quantitative estimate of drug-likeness (QED) is 0.454. The zero-order valence-electron chi connectivity index (χ0n) is 17.6. The minimum Gasteiger partial charge on any atom is -0.492 e.